The Labute approximate surface area is 173 Å². The van der Waals surface area contributed by atoms with Crippen LogP contribution in [0.3, 0.4) is 0 Å². The number of sulfonamides is 1. The van der Waals surface area contributed by atoms with Crippen LogP contribution < -0.4 is 10.0 Å². The zero-order valence-corrected chi connectivity index (χ0v) is 17.7. The van der Waals surface area contributed by atoms with Crippen molar-refractivity contribution in [1.82, 2.24) is 9.62 Å². The first kappa shape index (κ1) is 22.0. The number of hydrogen-bond donors (Lipinski definition) is 2. The van der Waals surface area contributed by atoms with Crippen molar-refractivity contribution in [2.24, 2.45) is 0 Å². The quantitative estimate of drug-likeness (QED) is 0.699. The van der Waals surface area contributed by atoms with Gasteiger partial charge in [0, 0.05) is 31.4 Å². The van der Waals surface area contributed by atoms with E-state index < -0.39 is 10.0 Å². The van der Waals surface area contributed by atoms with Gasteiger partial charge in [-0.25, -0.2) is 17.9 Å². The zero-order valence-electron chi connectivity index (χ0n) is 16.9. The van der Waals surface area contributed by atoms with Crippen molar-refractivity contribution in [3.63, 3.8) is 0 Å². The Hall–Kier alpha value is -1.68. The van der Waals surface area contributed by atoms with E-state index in [2.05, 4.69) is 10.0 Å². The molecule has 0 aromatic heterocycles. The number of ether oxygens (including phenoxy) is 2. The summed E-state index contributed by atoms with van der Waals surface area (Å²) in [5, 5.41) is 2.90. The Balaban J connectivity index is 1.48. The summed E-state index contributed by atoms with van der Waals surface area (Å²) in [5.74, 6) is 0. The Bertz CT molecular complexity index is 780. The Morgan fingerprint density at radius 3 is 2.90 bits per heavy atom. The van der Waals surface area contributed by atoms with Crippen molar-refractivity contribution >= 4 is 21.7 Å². The summed E-state index contributed by atoms with van der Waals surface area (Å²) < 4.78 is 36.9. The number of carbonyl (C=O) groups excluding carboxylic acids is 1. The van der Waals surface area contributed by atoms with Gasteiger partial charge in [0.15, 0.2) is 0 Å². The summed E-state index contributed by atoms with van der Waals surface area (Å²) in [6, 6.07) is 7.11. The van der Waals surface area contributed by atoms with E-state index in [-0.39, 0.29) is 18.2 Å². The third-order valence-electron chi connectivity index (χ3n) is 5.11. The molecule has 2 heterocycles. The number of urea groups is 1. The SMILES string of the molecule is CS(=O)(=O)N[C@@H]1CCCN(C(=O)Nc2cccc(COC[C@H]3CCCCO3)c2)C1. The molecule has 1 aromatic rings. The van der Waals surface area contributed by atoms with Gasteiger partial charge in [-0.05, 0) is 49.8 Å². The van der Waals surface area contributed by atoms with E-state index in [1.165, 1.54) is 6.42 Å². The lowest BCUT2D eigenvalue weighted by atomic mass is 10.1. The molecule has 1 aromatic carbocycles. The molecular formula is C20H31N3O5S. The standard InChI is InChI=1S/C20H31N3O5S/c1-29(25,26)22-18-8-5-10-23(13-18)20(24)21-17-7-4-6-16(12-17)14-27-15-19-9-2-3-11-28-19/h4,6-7,12,18-19,22H,2-3,5,8-11,13-15H2,1H3,(H,21,24)/t18-,19-/m1/s1. The third-order valence-corrected chi connectivity index (χ3v) is 5.88. The minimum Gasteiger partial charge on any atom is -0.376 e. The second-order valence-electron chi connectivity index (χ2n) is 7.81. The Kier molecular flexibility index (Phi) is 7.88. The van der Waals surface area contributed by atoms with Crippen LogP contribution in [0.15, 0.2) is 24.3 Å². The molecule has 2 N–H and O–H groups in total. The van der Waals surface area contributed by atoms with E-state index in [1.807, 2.05) is 24.3 Å². The third kappa shape index (κ3) is 7.58. The molecular weight excluding hydrogens is 394 g/mol. The fourth-order valence-corrected chi connectivity index (χ4v) is 4.55. The number of hydrogen-bond acceptors (Lipinski definition) is 5. The fraction of sp³-hybridized carbons (Fsp3) is 0.650. The molecule has 2 fully saturated rings. The van der Waals surface area contributed by atoms with Gasteiger partial charge in [-0.15, -0.1) is 0 Å². The van der Waals surface area contributed by atoms with Crippen LogP contribution in [0.25, 0.3) is 0 Å². The lowest BCUT2D eigenvalue weighted by Gasteiger charge is -2.32. The number of nitrogens with one attached hydrogen (secondary N) is 2. The van der Waals surface area contributed by atoms with Crippen molar-refractivity contribution in [3.8, 4) is 0 Å². The normalized spacial score (nSPS) is 23.0. The maximum atomic E-state index is 12.6. The first-order valence-corrected chi connectivity index (χ1v) is 12.1. The largest absolute Gasteiger partial charge is 0.376 e. The summed E-state index contributed by atoms with van der Waals surface area (Å²) >= 11 is 0. The zero-order chi connectivity index (χ0) is 20.7. The number of anilines is 1. The lowest BCUT2D eigenvalue weighted by molar-refractivity contribution is -0.0447. The molecule has 29 heavy (non-hydrogen) atoms. The van der Waals surface area contributed by atoms with Gasteiger partial charge in [0.25, 0.3) is 0 Å². The molecule has 0 bridgehead atoms. The molecule has 0 spiro atoms. The molecule has 0 saturated carbocycles. The van der Waals surface area contributed by atoms with Crippen LogP contribution in [-0.2, 0) is 26.1 Å². The molecule has 9 heteroatoms. The van der Waals surface area contributed by atoms with Crippen molar-refractivity contribution in [2.75, 3.05) is 37.9 Å². The van der Waals surface area contributed by atoms with Gasteiger partial charge in [0.05, 0.1) is 25.6 Å². The number of nitrogens with zero attached hydrogens (tertiary/aromatic N) is 1. The molecule has 162 valence electrons. The van der Waals surface area contributed by atoms with Crippen LogP contribution in [0.2, 0.25) is 0 Å². The van der Waals surface area contributed by atoms with Gasteiger partial charge >= 0.3 is 6.03 Å². The van der Waals surface area contributed by atoms with E-state index in [1.54, 1.807) is 4.90 Å². The molecule has 2 aliphatic heterocycles. The van der Waals surface area contributed by atoms with Crippen LogP contribution >= 0.6 is 0 Å². The minimum absolute atomic E-state index is 0.180. The van der Waals surface area contributed by atoms with Crippen LogP contribution in [-0.4, -0.2) is 64.1 Å². The van der Waals surface area contributed by atoms with Crippen LogP contribution in [0, 0.1) is 0 Å². The number of piperidine rings is 1. The van der Waals surface area contributed by atoms with Crippen LogP contribution in [0.1, 0.15) is 37.7 Å². The predicted molar refractivity (Wildman–Crippen MR) is 111 cm³/mol. The lowest BCUT2D eigenvalue weighted by Crippen LogP contribution is -2.50. The van der Waals surface area contributed by atoms with E-state index in [0.717, 1.165) is 44.1 Å². The first-order chi connectivity index (χ1) is 13.9. The molecule has 0 aliphatic carbocycles. The van der Waals surface area contributed by atoms with Crippen LogP contribution in [0.5, 0.6) is 0 Å². The van der Waals surface area contributed by atoms with Gasteiger partial charge in [0.2, 0.25) is 10.0 Å². The molecule has 0 radical (unpaired) electrons. The van der Waals surface area contributed by atoms with E-state index in [0.29, 0.717) is 32.0 Å². The summed E-state index contributed by atoms with van der Waals surface area (Å²) in [6.07, 6.45) is 6.17. The number of amides is 2. The van der Waals surface area contributed by atoms with E-state index >= 15 is 0 Å². The van der Waals surface area contributed by atoms with Crippen molar-refractivity contribution in [3.05, 3.63) is 29.8 Å². The maximum Gasteiger partial charge on any atom is 0.321 e. The molecule has 3 rings (SSSR count). The molecule has 0 unspecified atom stereocenters. The molecule has 2 amide bonds. The summed E-state index contributed by atoms with van der Waals surface area (Å²) in [7, 11) is -3.29. The second kappa shape index (κ2) is 10.4. The van der Waals surface area contributed by atoms with Gasteiger partial charge in [-0.2, -0.15) is 0 Å². The highest BCUT2D eigenvalue weighted by atomic mass is 32.2. The van der Waals surface area contributed by atoms with Crippen molar-refractivity contribution < 1.29 is 22.7 Å². The number of likely N-dealkylation sites (tertiary alicyclic amines) is 1. The Morgan fingerprint density at radius 1 is 1.28 bits per heavy atom. The molecule has 2 aliphatic rings. The topological polar surface area (TPSA) is 97.0 Å². The number of carbonyl (C=O) groups is 1. The molecule has 2 saturated heterocycles. The summed E-state index contributed by atoms with van der Waals surface area (Å²) in [5.41, 5.74) is 1.68. The smallest absolute Gasteiger partial charge is 0.321 e. The van der Waals surface area contributed by atoms with Crippen molar-refractivity contribution in [2.45, 2.75) is 50.9 Å². The minimum atomic E-state index is -3.29. The van der Waals surface area contributed by atoms with Crippen molar-refractivity contribution in [1.29, 1.82) is 0 Å². The van der Waals surface area contributed by atoms with Crippen LogP contribution in [0.4, 0.5) is 10.5 Å². The first-order valence-electron chi connectivity index (χ1n) is 10.2. The fourth-order valence-electron chi connectivity index (χ4n) is 3.75. The number of benzene rings is 1. The van der Waals surface area contributed by atoms with Gasteiger partial charge in [-0.3, -0.25) is 0 Å². The summed E-state index contributed by atoms with van der Waals surface area (Å²) in [6.45, 7) is 2.83. The van der Waals surface area contributed by atoms with Gasteiger partial charge < -0.3 is 19.7 Å². The predicted octanol–water partition coefficient (Wildman–Crippen LogP) is 2.32. The average molecular weight is 426 g/mol. The monoisotopic (exact) mass is 425 g/mol. The summed E-state index contributed by atoms with van der Waals surface area (Å²) in [4.78, 5) is 14.2. The van der Waals surface area contributed by atoms with E-state index in [4.69, 9.17) is 9.47 Å². The second-order valence-corrected chi connectivity index (χ2v) is 9.59. The van der Waals surface area contributed by atoms with E-state index in [9.17, 15) is 13.2 Å². The van der Waals surface area contributed by atoms with Gasteiger partial charge in [-0.1, -0.05) is 12.1 Å². The highest BCUT2D eigenvalue weighted by Crippen LogP contribution is 2.17. The molecule has 2 atom stereocenters. The number of rotatable bonds is 7. The average Bonchev–Trinajstić information content (AvgIpc) is 2.68. The van der Waals surface area contributed by atoms with Gasteiger partial charge in [0.1, 0.15) is 0 Å². The highest BCUT2D eigenvalue weighted by Gasteiger charge is 2.25. The highest BCUT2D eigenvalue weighted by molar-refractivity contribution is 7.88. The Morgan fingerprint density at radius 2 is 2.14 bits per heavy atom. The molecule has 8 nitrogen and oxygen atoms in total. The maximum absolute atomic E-state index is 12.6.